The molecule has 3 N–H and O–H groups in total. The number of piperazine rings is 1. The van der Waals surface area contributed by atoms with Gasteiger partial charge >= 0.3 is 0 Å². The highest BCUT2D eigenvalue weighted by molar-refractivity contribution is 7.16. The number of ether oxygens (including phenoxy) is 2. The summed E-state index contributed by atoms with van der Waals surface area (Å²) in [6.45, 7) is 6.30. The third-order valence-corrected chi connectivity index (χ3v) is 11.3. The predicted octanol–water partition coefficient (Wildman–Crippen LogP) is 4.50. The Bertz CT molecular complexity index is 1580. The molecule has 4 aliphatic rings. The lowest BCUT2D eigenvalue weighted by molar-refractivity contribution is 0.111. The number of likely N-dealkylation sites (N-methyl/N-ethyl adjacent to an activating group) is 1. The van der Waals surface area contributed by atoms with E-state index in [1.165, 1.54) is 29.1 Å². The molecule has 11 nitrogen and oxygen atoms in total. The molecule has 2 aliphatic heterocycles. The fourth-order valence-corrected chi connectivity index (χ4v) is 8.51. The van der Waals surface area contributed by atoms with Crippen molar-refractivity contribution in [3.8, 4) is 23.5 Å². The molecule has 12 heteroatoms. The highest BCUT2D eigenvalue weighted by atomic mass is 32.1. The molecule has 0 bridgehead atoms. The van der Waals surface area contributed by atoms with E-state index in [0.717, 1.165) is 93.8 Å². The van der Waals surface area contributed by atoms with Crippen LogP contribution in [-0.2, 0) is 17.6 Å². The number of rotatable bonds is 10. The maximum atomic E-state index is 10.00. The first-order chi connectivity index (χ1) is 21.9. The van der Waals surface area contributed by atoms with Gasteiger partial charge in [0.1, 0.15) is 29.3 Å². The summed E-state index contributed by atoms with van der Waals surface area (Å²) < 4.78 is 18.3. The zero-order chi connectivity index (χ0) is 31.1. The Hall–Kier alpha value is -3.24. The maximum absolute atomic E-state index is 10.00. The molecule has 0 radical (unpaired) electrons. The summed E-state index contributed by atoms with van der Waals surface area (Å²) in [7, 11) is 3.89. The summed E-state index contributed by atoms with van der Waals surface area (Å²) in [5.74, 6) is 2.71. The molecule has 2 aliphatic carbocycles. The molecule has 3 fully saturated rings. The summed E-state index contributed by atoms with van der Waals surface area (Å²) in [6.07, 6.45) is 9.17. The third-order valence-electron chi connectivity index (χ3n) is 10.2. The van der Waals surface area contributed by atoms with E-state index >= 15 is 0 Å². The number of nitrogen functional groups attached to an aromatic ring is 1. The molecule has 0 amide bonds. The molecule has 3 aromatic rings. The number of anilines is 2. The van der Waals surface area contributed by atoms with Gasteiger partial charge in [-0.2, -0.15) is 10.2 Å². The first-order valence-corrected chi connectivity index (χ1v) is 17.3. The molecule has 7 rings (SSSR count). The van der Waals surface area contributed by atoms with Gasteiger partial charge in [0, 0.05) is 67.3 Å². The van der Waals surface area contributed by atoms with Gasteiger partial charge in [-0.1, -0.05) is 18.5 Å². The summed E-state index contributed by atoms with van der Waals surface area (Å²) in [6, 6.07) is 4.61. The number of fused-ring (bicyclic) bond motifs is 1. The van der Waals surface area contributed by atoms with Crippen molar-refractivity contribution in [3.05, 3.63) is 33.4 Å². The zero-order valence-corrected chi connectivity index (χ0v) is 27.4. The van der Waals surface area contributed by atoms with Crippen LogP contribution in [0, 0.1) is 11.3 Å². The Morgan fingerprint density at radius 2 is 2.18 bits per heavy atom. The van der Waals surface area contributed by atoms with Crippen molar-refractivity contribution in [2.45, 2.75) is 88.3 Å². The number of likely N-dealkylation sites (tertiary alicyclic amines) is 1. The van der Waals surface area contributed by atoms with E-state index in [1.54, 1.807) is 7.11 Å². The van der Waals surface area contributed by atoms with Crippen molar-refractivity contribution in [3.63, 3.8) is 0 Å². The SMILES string of the molecule is CCCCc1c(-c2nc(OC[C@@H]3C[C@@H](OC)CN3C)cc(N3CCNC4(CC4)C3)n2)noc1[C@H]1CCCc2sc(N)c(C#N)c21. The van der Waals surface area contributed by atoms with E-state index in [0.29, 0.717) is 34.6 Å². The molecular formula is C33H44N8O3S. The Balaban J connectivity index is 1.26. The van der Waals surface area contributed by atoms with Gasteiger partial charge in [-0.05, 0) is 64.0 Å². The number of nitrogens with one attached hydrogen (secondary N) is 1. The normalized spacial score (nSPS) is 24.1. The van der Waals surface area contributed by atoms with E-state index in [2.05, 4.69) is 40.3 Å². The lowest BCUT2D eigenvalue weighted by Gasteiger charge is -2.35. The minimum Gasteiger partial charge on any atom is -0.476 e. The highest BCUT2D eigenvalue weighted by Gasteiger charge is 2.46. The van der Waals surface area contributed by atoms with Crippen molar-refractivity contribution < 1.29 is 14.0 Å². The Morgan fingerprint density at radius 1 is 1.31 bits per heavy atom. The second-order valence-electron chi connectivity index (χ2n) is 13.2. The Kier molecular flexibility index (Phi) is 8.46. The summed E-state index contributed by atoms with van der Waals surface area (Å²) in [4.78, 5) is 15.9. The van der Waals surface area contributed by atoms with Crippen LogP contribution in [0.4, 0.5) is 10.8 Å². The lowest BCUT2D eigenvalue weighted by atomic mass is 9.81. The van der Waals surface area contributed by atoms with Crippen LogP contribution in [0.15, 0.2) is 10.6 Å². The van der Waals surface area contributed by atoms with Gasteiger partial charge in [-0.3, -0.25) is 4.90 Å². The minimum atomic E-state index is -0.0570. The molecule has 1 saturated carbocycles. The average Bonchev–Trinajstić information content (AvgIpc) is 3.36. The number of nitrogens with two attached hydrogens (primary N) is 1. The van der Waals surface area contributed by atoms with Crippen LogP contribution in [0.1, 0.15) is 85.1 Å². The average molecular weight is 633 g/mol. The Labute approximate surface area is 269 Å². The number of nitriles is 1. The molecule has 2 saturated heterocycles. The smallest absolute Gasteiger partial charge is 0.219 e. The van der Waals surface area contributed by atoms with E-state index < -0.39 is 0 Å². The largest absolute Gasteiger partial charge is 0.476 e. The lowest BCUT2D eigenvalue weighted by Crippen LogP contribution is -2.52. The van der Waals surface area contributed by atoms with Crippen molar-refractivity contribution in [2.24, 2.45) is 0 Å². The monoisotopic (exact) mass is 632 g/mol. The van der Waals surface area contributed by atoms with Crippen molar-refractivity contribution in [1.29, 1.82) is 5.26 Å². The van der Waals surface area contributed by atoms with E-state index in [9.17, 15) is 5.26 Å². The van der Waals surface area contributed by atoms with Crippen molar-refractivity contribution in [2.75, 3.05) is 57.6 Å². The summed E-state index contributed by atoms with van der Waals surface area (Å²) in [5.41, 5.74) is 9.82. The number of methoxy groups -OCH3 is 1. The van der Waals surface area contributed by atoms with Gasteiger partial charge < -0.3 is 29.9 Å². The zero-order valence-electron chi connectivity index (χ0n) is 26.6. The highest BCUT2D eigenvalue weighted by Crippen LogP contribution is 2.47. The summed E-state index contributed by atoms with van der Waals surface area (Å²) >= 11 is 1.54. The molecule has 0 aromatic carbocycles. The number of unbranched alkanes of at least 4 members (excludes halogenated alkanes) is 1. The van der Waals surface area contributed by atoms with Gasteiger partial charge in [-0.25, -0.2) is 4.98 Å². The van der Waals surface area contributed by atoms with Gasteiger partial charge in [0.2, 0.25) is 5.88 Å². The minimum absolute atomic E-state index is 0.0570. The fourth-order valence-electron chi connectivity index (χ4n) is 7.39. The predicted molar refractivity (Wildman–Crippen MR) is 174 cm³/mol. The first-order valence-electron chi connectivity index (χ1n) is 16.5. The van der Waals surface area contributed by atoms with Crippen LogP contribution >= 0.6 is 11.3 Å². The number of aryl methyl sites for hydroxylation is 1. The molecule has 3 aromatic heterocycles. The number of nitrogens with zero attached hydrogens (tertiary/aromatic N) is 6. The van der Waals surface area contributed by atoms with Gasteiger partial charge in [-0.15, -0.1) is 11.3 Å². The van der Waals surface area contributed by atoms with Crippen LogP contribution in [0.2, 0.25) is 0 Å². The quantitative estimate of drug-likeness (QED) is 0.327. The van der Waals surface area contributed by atoms with Gasteiger partial charge in [0.25, 0.3) is 0 Å². The topological polar surface area (TPSA) is 139 Å². The van der Waals surface area contributed by atoms with Gasteiger partial charge in [0.05, 0.1) is 11.7 Å². The van der Waals surface area contributed by atoms with Crippen molar-refractivity contribution >= 4 is 22.2 Å². The molecule has 5 heterocycles. The van der Waals surface area contributed by atoms with Crippen LogP contribution in [0.5, 0.6) is 5.88 Å². The van der Waals surface area contributed by atoms with Crippen LogP contribution in [0.3, 0.4) is 0 Å². The van der Waals surface area contributed by atoms with Gasteiger partial charge in [0.15, 0.2) is 11.5 Å². The number of hydrogen-bond donors (Lipinski definition) is 2. The molecule has 45 heavy (non-hydrogen) atoms. The molecule has 240 valence electrons. The molecule has 3 atom stereocenters. The third kappa shape index (κ3) is 5.91. The molecule has 0 unspecified atom stereocenters. The second kappa shape index (κ2) is 12.5. The summed E-state index contributed by atoms with van der Waals surface area (Å²) in [5, 5.41) is 19.0. The van der Waals surface area contributed by atoms with E-state index in [4.69, 9.17) is 29.7 Å². The number of thiophene rings is 1. The second-order valence-corrected chi connectivity index (χ2v) is 14.4. The number of aromatic nitrogens is 3. The first kappa shape index (κ1) is 30.4. The number of hydrogen-bond acceptors (Lipinski definition) is 12. The molecular weight excluding hydrogens is 588 g/mol. The van der Waals surface area contributed by atoms with Crippen LogP contribution in [-0.4, -0.2) is 84.7 Å². The van der Waals surface area contributed by atoms with Crippen molar-refractivity contribution in [1.82, 2.24) is 25.3 Å². The van der Waals surface area contributed by atoms with E-state index in [-0.39, 0.29) is 23.6 Å². The van der Waals surface area contributed by atoms with Crippen LogP contribution in [0.25, 0.3) is 11.5 Å². The standard InChI is InChI=1S/C33H44N8O3S/c1-4-5-7-23-29(39-44-30(23)22-8-6-9-25-28(22)24(16-34)31(35)45-25)32-37-26(41-13-12-36-33(19-41)10-11-33)15-27(38-32)43-18-20-14-21(42-3)17-40(20)2/h15,20-22,36H,4-14,17-19,35H2,1-3H3/t20-,21+,22-/m0/s1. The maximum Gasteiger partial charge on any atom is 0.219 e. The Morgan fingerprint density at radius 3 is 2.93 bits per heavy atom. The van der Waals surface area contributed by atoms with E-state index in [1.807, 2.05) is 6.07 Å². The van der Waals surface area contributed by atoms with Crippen LogP contribution < -0.4 is 20.7 Å². The fraction of sp³-hybridized carbons (Fsp3) is 0.636. The molecule has 1 spiro atoms.